The van der Waals surface area contributed by atoms with E-state index in [1.165, 1.54) is 18.2 Å². The van der Waals surface area contributed by atoms with E-state index in [-0.39, 0.29) is 12.3 Å². The number of amides is 1. The summed E-state index contributed by atoms with van der Waals surface area (Å²) in [6, 6.07) is 14.9. The van der Waals surface area contributed by atoms with Gasteiger partial charge in [0.2, 0.25) is 0 Å². The van der Waals surface area contributed by atoms with Gasteiger partial charge in [-0.1, -0.05) is 6.07 Å². The average molecular weight is 506 g/mol. The van der Waals surface area contributed by atoms with Gasteiger partial charge in [0, 0.05) is 35.4 Å². The maximum absolute atomic E-state index is 13.8. The molecule has 5 rings (SSSR count). The Morgan fingerprint density at radius 2 is 1.78 bits per heavy atom. The Bertz CT molecular complexity index is 1600. The number of hydrogen-bond acceptors (Lipinski definition) is 4. The molecule has 3 heterocycles. The maximum atomic E-state index is 13.8. The number of fused-ring (bicyclic) bond motifs is 1. The number of alkyl halides is 3. The third kappa shape index (κ3) is 4.66. The van der Waals surface area contributed by atoms with E-state index in [9.17, 15) is 27.5 Å². The van der Waals surface area contributed by atoms with Gasteiger partial charge in [0.25, 0.3) is 5.91 Å². The Morgan fingerprint density at radius 3 is 2.46 bits per heavy atom. The van der Waals surface area contributed by atoms with Gasteiger partial charge in [0.15, 0.2) is 0 Å². The maximum Gasteiger partial charge on any atom is 0.417 e. The van der Waals surface area contributed by atoms with Crippen LogP contribution < -0.4 is 5.32 Å². The molecule has 186 valence electrons. The van der Waals surface area contributed by atoms with Crippen molar-refractivity contribution in [3.63, 3.8) is 0 Å². The lowest BCUT2D eigenvalue weighted by Crippen LogP contribution is -2.19. The quantitative estimate of drug-likeness (QED) is 0.288. The number of aliphatic hydroxyl groups is 1. The van der Waals surface area contributed by atoms with E-state index in [2.05, 4.69) is 15.3 Å². The van der Waals surface area contributed by atoms with Gasteiger partial charge in [-0.05, 0) is 66.2 Å². The normalized spacial score (nSPS) is 11.6. The molecule has 0 fully saturated rings. The second kappa shape index (κ2) is 9.47. The monoisotopic (exact) mass is 506 g/mol. The molecule has 3 aromatic heterocycles. The highest BCUT2D eigenvalue weighted by Gasteiger charge is 2.35. The second-order valence-corrected chi connectivity index (χ2v) is 8.14. The van der Waals surface area contributed by atoms with Crippen molar-refractivity contribution in [1.29, 1.82) is 0 Å². The summed E-state index contributed by atoms with van der Waals surface area (Å²) in [5.41, 5.74) is 1.24. The molecular formula is C27H18F4N4O2. The molecule has 6 nitrogen and oxygen atoms in total. The van der Waals surface area contributed by atoms with Crippen LogP contribution in [0.5, 0.6) is 0 Å². The summed E-state index contributed by atoms with van der Waals surface area (Å²) < 4.78 is 56.3. The molecule has 0 aliphatic rings. The first-order valence-corrected chi connectivity index (χ1v) is 11.1. The number of carbonyl (C=O) groups is 1. The first-order valence-electron chi connectivity index (χ1n) is 11.1. The average Bonchev–Trinajstić information content (AvgIpc) is 3.28. The van der Waals surface area contributed by atoms with Crippen LogP contribution in [0.4, 0.5) is 23.2 Å². The highest BCUT2D eigenvalue weighted by atomic mass is 19.4. The van der Waals surface area contributed by atoms with E-state index in [1.54, 1.807) is 47.3 Å². The van der Waals surface area contributed by atoms with Gasteiger partial charge in [-0.3, -0.25) is 14.2 Å². The van der Waals surface area contributed by atoms with Crippen LogP contribution >= 0.6 is 0 Å². The SMILES string of the molecule is O=C(Nc1ccc(F)cc1)c1cc(-c2cccn3c(-c4cccnc4)c(CO)nc23)ccc1C(F)(F)F. The number of carbonyl (C=O) groups excluding carboxylic acids is 1. The lowest BCUT2D eigenvalue weighted by Gasteiger charge is -2.15. The molecule has 0 aliphatic carbocycles. The molecule has 0 saturated carbocycles. The zero-order chi connectivity index (χ0) is 26.2. The van der Waals surface area contributed by atoms with Crippen molar-refractivity contribution in [2.75, 3.05) is 5.32 Å². The van der Waals surface area contributed by atoms with E-state index in [0.29, 0.717) is 33.7 Å². The fourth-order valence-electron chi connectivity index (χ4n) is 4.14. The van der Waals surface area contributed by atoms with Crippen LogP contribution in [0.25, 0.3) is 28.0 Å². The summed E-state index contributed by atoms with van der Waals surface area (Å²) >= 11 is 0. The summed E-state index contributed by atoms with van der Waals surface area (Å²) in [6.07, 6.45) is 0.160. The molecule has 0 spiro atoms. The van der Waals surface area contributed by atoms with Crippen molar-refractivity contribution < 1.29 is 27.5 Å². The second-order valence-electron chi connectivity index (χ2n) is 8.14. The Morgan fingerprint density at radius 1 is 1.00 bits per heavy atom. The number of aromatic nitrogens is 3. The minimum Gasteiger partial charge on any atom is -0.390 e. The largest absolute Gasteiger partial charge is 0.417 e. The van der Waals surface area contributed by atoms with Gasteiger partial charge in [0.05, 0.1) is 29.1 Å². The summed E-state index contributed by atoms with van der Waals surface area (Å²) in [4.78, 5) is 21.6. The Labute approximate surface area is 207 Å². The molecule has 0 bridgehead atoms. The summed E-state index contributed by atoms with van der Waals surface area (Å²) in [7, 11) is 0. The molecule has 1 amide bonds. The van der Waals surface area contributed by atoms with Gasteiger partial charge in [-0.2, -0.15) is 13.2 Å². The van der Waals surface area contributed by atoms with E-state index in [4.69, 9.17) is 0 Å². The molecular weight excluding hydrogens is 488 g/mol. The molecule has 37 heavy (non-hydrogen) atoms. The lowest BCUT2D eigenvalue weighted by molar-refractivity contribution is -0.137. The molecule has 0 aliphatic heterocycles. The molecule has 0 saturated heterocycles. The number of halogens is 4. The number of imidazole rings is 1. The molecule has 0 atom stereocenters. The van der Waals surface area contributed by atoms with Crippen molar-refractivity contribution in [3.05, 3.63) is 108 Å². The molecule has 5 aromatic rings. The first-order chi connectivity index (χ1) is 17.8. The van der Waals surface area contributed by atoms with Crippen molar-refractivity contribution >= 4 is 17.2 Å². The van der Waals surface area contributed by atoms with Gasteiger partial charge in [0.1, 0.15) is 11.5 Å². The zero-order valence-electron chi connectivity index (χ0n) is 19.0. The predicted molar refractivity (Wildman–Crippen MR) is 129 cm³/mol. The van der Waals surface area contributed by atoms with E-state index in [0.717, 1.165) is 24.3 Å². The zero-order valence-corrected chi connectivity index (χ0v) is 19.0. The van der Waals surface area contributed by atoms with Crippen LogP contribution in [-0.4, -0.2) is 25.4 Å². The van der Waals surface area contributed by atoms with Crippen molar-refractivity contribution in [3.8, 4) is 22.4 Å². The number of pyridine rings is 2. The van der Waals surface area contributed by atoms with Crippen LogP contribution in [0.1, 0.15) is 21.6 Å². The molecule has 2 aromatic carbocycles. The van der Waals surface area contributed by atoms with Crippen LogP contribution in [0.15, 0.2) is 85.3 Å². The number of nitrogens with one attached hydrogen (secondary N) is 1. The van der Waals surface area contributed by atoms with Crippen LogP contribution in [-0.2, 0) is 12.8 Å². The predicted octanol–water partition coefficient (Wildman–Crippen LogP) is 5.97. The van der Waals surface area contributed by atoms with E-state index >= 15 is 0 Å². The van der Waals surface area contributed by atoms with Crippen molar-refractivity contribution in [1.82, 2.24) is 14.4 Å². The Kier molecular flexibility index (Phi) is 6.18. The van der Waals surface area contributed by atoms with Crippen molar-refractivity contribution in [2.45, 2.75) is 12.8 Å². The van der Waals surface area contributed by atoms with Gasteiger partial charge in [-0.25, -0.2) is 9.37 Å². The van der Waals surface area contributed by atoms with Crippen LogP contribution in [0.2, 0.25) is 0 Å². The Balaban J connectivity index is 1.64. The number of anilines is 1. The van der Waals surface area contributed by atoms with Crippen LogP contribution in [0, 0.1) is 5.82 Å². The molecule has 10 heteroatoms. The molecule has 0 unspecified atom stereocenters. The standard InChI is InChI=1S/C27H18F4N4O2/c28-18-6-8-19(9-7-18)33-26(37)21-13-16(5-10-22(21)27(29,30)31)20-4-2-12-35-24(17-3-1-11-32-14-17)23(15-36)34-25(20)35/h1-14,36H,15H2,(H,33,37). The highest BCUT2D eigenvalue weighted by Crippen LogP contribution is 2.36. The first kappa shape index (κ1) is 24.1. The minimum atomic E-state index is -4.79. The molecule has 0 radical (unpaired) electrons. The van der Waals surface area contributed by atoms with Gasteiger partial charge >= 0.3 is 6.18 Å². The van der Waals surface area contributed by atoms with E-state index in [1.807, 2.05) is 0 Å². The number of hydrogen-bond donors (Lipinski definition) is 2. The third-order valence-electron chi connectivity index (χ3n) is 5.79. The van der Waals surface area contributed by atoms with Gasteiger partial charge < -0.3 is 10.4 Å². The third-order valence-corrected chi connectivity index (χ3v) is 5.79. The fraction of sp³-hybridized carbons (Fsp3) is 0.0741. The number of aliphatic hydroxyl groups excluding tert-OH is 1. The summed E-state index contributed by atoms with van der Waals surface area (Å²) in [5.74, 6) is -1.54. The minimum absolute atomic E-state index is 0.147. The number of rotatable bonds is 5. The smallest absolute Gasteiger partial charge is 0.390 e. The van der Waals surface area contributed by atoms with Gasteiger partial charge in [-0.15, -0.1) is 0 Å². The number of benzene rings is 2. The lowest BCUT2D eigenvalue weighted by atomic mass is 9.98. The highest BCUT2D eigenvalue weighted by molar-refractivity contribution is 6.06. The topological polar surface area (TPSA) is 79.5 Å². The fourth-order valence-corrected chi connectivity index (χ4v) is 4.14. The summed E-state index contributed by atoms with van der Waals surface area (Å²) in [6.45, 7) is -0.371. The summed E-state index contributed by atoms with van der Waals surface area (Å²) in [5, 5.41) is 12.3. The molecule has 2 N–H and O–H groups in total. The van der Waals surface area contributed by atoms with Crippen LogP contribution in [0.3, 0.4) is 0 Å². The number of nitrogens with zero attached hydrogens (tertiary/aromatic N) is 3. The van der Waals surface area contributed by atoms with E-state index < -0.39 is 29.0 Å². The van der Waals surface area contributed by atoms with Crippen molar-refractivity contribution in [2.24, 2.45) is 0 Å². The Hall–Kier alpha value is -4.57.